The molecule has 1 amide bonds. The number of pyridine rings is 1. The number of rotatable bonds is 4. The summed E-state index contributed by atoms with van der Waals surface area (Å²) in [6.07, 6.45) is 3.66. The van der Waals surface area contributed by atoms with Crippen LogP contribution in [0, 0.1) is 6.92 Å². The molecule has 0 bridgehead atoms. The molecule has 0 fully saturated rings. The van der Waals surface area contributed by atoms with E-state index in [1.807, 2.05) is 73.3 Å². The van der Waals surface area contributed by atoms with E-state index in [0.717, 1.165) is 22.2 Å². The number of carbonyl (C=O) groups is 1. The van der Waals surface area contributed by atoms with E-state index in [9.17, 15) is 4.79 Å². The summed E-state index contributed by atoms with van der Waals surface area (Å²) < 4.78 is 7.92. The van der Waals surface area contributed by atoms with Gasteiger partial charge in [-0.3, -0.25) is 4.79 Å². The first kappa shape index (κ1) is 17.8. The lowest BCUT2D eigenvalue weighted by Crippen LogP contribution is -2.26. The second-order valence-electron chi connectivity index (χ2n) is 6.83. The molecule has 0 unspecified atom stereocenters. The van der Waals surface area contributed by atoms with Gasteiger partial charge in [0.25, 0.3) is 5.91 Å². The van der Waals surface area contributed by atoms with Gasteiger partial charge in [0, 0.05) is 38.0 Å². The van der Waals surface area contributed by atoms with Crippen molar-refractivity contribution in [2.75, 3.05) is 11.9 Å². The fourth-order valence-corrected chi connectivity index (χ4v) is 3.06. The molecule has 0 N–H and O–H groups in total. The highest BCUT2D eigenvalue weighted by atomic mass is 16.5. The molecule has 2 aromatic heterocycles. The normalized spacial score (nSPS) is 10.8. The van der Waals surface area contributed by atoms with Gasteiger partial charge in [-0.15, -0.1) is 0 Å². The van der Waals surface area contributed by atoms with E-state index in [4.69, 9.17) is 4.74 Å². The van der Waals surface area contributed by atoms with E-state index in [-0.39, 0.29) is 5.91 Å². The van der Waals surface area contributed by atoms with Gasteiger partial charge in [0.2, 0.25) is 5.88 Å². The molecule has 140 valence electrons. The maximum absolute atomic E-state index is 12.6. The molecule has 2 heterocycles. The van der Waals surface area contributed by atoms with Gasteiger partial charge in [-0.1, -0.05) is 17.7 Å². The lowest BCUT2D eigenvalue weighted by atomic mass is 10.1. The number of hydrogen-bond acceptors (Lipinski definition) is 3. The predicted molar refractivity (Wildman–Crippen MR) is 111 cm³/mol. The largest absolute Gasteiger partial charge is 0.439 e. The summed E-state index contributed by atoms with van der Waals surface area (Å²) in [4.78, 5) is 18.6. The molecule has 0 atom stereocenters. The zero-order chi connectivity index (χ0) is 19.7. The Hall–Kier alpha value is -3.60. The van der Waals surface area contributed by atoms with Gasteiger partial charge in [0.1, 0.15) is 5.75 Å². The van der Waals surface area contributed by atoms with Crippen LogP contribution < -0.4 is 9.64 Å². The predicted octanol–water partition coefficient (Wildman–Crippen LogP) is 4.95. The number of nitrogens with zero attached hydrogens (tertiary/aromatic N) is 3. The number of anilines is 1. The molecule has 5 heteroatoms. The molecule has 0 saturated carbocycles. The fourth-order valence-electron chi connectivity index (χ4n) is 3.06. The average molecular weight is 371 g/mol. The van der Waals surface area contributed by atoms with Gasteiger partial charge in [0.05, 0.1) is 17.4 Å². The zero-order valence-electron chi connectivity index (χ0n) is 16.1. The van der Waals surface area contributed by atoms with Crippen molar-refractivity contribution in [3.63, 3.8) is 0 Å². The van der Waals surface area contributed by atoms with Crippen LogP contribution in [0.25, 0.3) is 10.9 Å². The highest BCUT2D eigenvalue weighted by Crippen LogP contribution is 2.26. The number of aryl methyl sites for hydroxylation is 2. The smallest absolute Gasteiger partial charge is 0.258 e. The summed E-state index contributed by atoms with van der Waals surface area (Å²) in [7, 11) is 3.74. The van der Waals surface area contributed by atoms with Gasteiger partial charge >= 0.3 is 0 Å². The van der Waals surface area contributed by atoms with Crippen LogP contribution in [0.3, 0.4) is 0 Å². The molecule has 0 saturated heterocycles. The second kappa shape index (κ2) is 7.19. The molecule has 0 aliphatic carbocycles. The molecule has 2 aromatic carbocycles. The maximum Gasteiger partial charge on any atom is 0.258 e. The van der Waals surface area contributed by atoms with Crippen LogP contribution in [0.4, 0.5) is 5.69 Å². The van der Waals surface area contributed by atoms with Crippen molar-refractivity contribution < 1.29 is 9.53 Å². The first-order chi connectivity index (χ1) is 13.5. The Kier molecular flexibility index (Phi) is 4.57. The third-order valence-electron chi connectivity index (χ3n) is 4.79. The first-order valence-corrected chi connectivity index (χ1v) is 9.05. The van der Waals surface area contributed by atoms with Crippen molar-refractivity contribution in [3.05, 3.63) is 84.2 Å². The van der Waals surface area contributed by atoms with E-state index in [1.165, 1.54) is 0 Å². The number of aromatic nitrogens is 2. The fraction of sp³-hybridized carbons (Fsp3) is 0.130. The molecule has 0 spiro atoms. The van der Waals surface area contributed by atoms with E-state index in [1.54, 1.807) is 24.2 Å². The van der Waals surface area contributed by atoms with Crippen LogP contribution in [-0.4, -0.2) is 22.5 Å². The van der Waals surface area contributed by atoms with Crippen molar-refractivity contribution >= 4 is 22.5 Å². The van der Waals surface area contributed by atoms with E-state index < -0.39 is 0 Å². The Morgan fingerprint density at radius 2 is 1.82 bits per heavy atom. The summed E-state index contributed by atoms with van der Waals surface area (Å²) >= 11 is 0. The van der Waals surface area contributed by atoms with Crippen molar-refractivity contribution in [3.8, 4) is 11.6 Å². The van der Waals surface area contributed by atoms with E-state index in [0.29, 0.717) is 17.1 Å². The lowest BCUT2D eigenvalue weighted by Gasteiger charge is -2.17. The van der Waals surface area contributed by atoms with Gasteiger partial charge in [-0.05, 0) is 48.7 Å². The first-order valence-electron chi connectivity index (χ1n) is 9.05. The van der Waals surface area contributed by atoms with Crippen LogP contribution in [0.2, 0.25) is 0 Å². The van der Waals surface area contributed by atoms with E-state index in [2.05, 4.69) is 11.1 Å². The van der Waals surface area contributed by atoms with Gasteiger partial charge < -0.3 is 14.2 Å². The lowest BCUT2D eigenvalue weighted by molar-refractivity contribution is 0.0993. The van der Waals surface area contributed by atoms with E-state index >= 15 is 0 Å². The summed E-state index contributed by atoms with van der Waals surface area (Å²) in [5.74, 6) is 1.12. The Balaban J connectivity index is 1.50. The van der Waals surface area contributed by atoms with Crippen LogP contribution >= 0.6 is 0 Å². The summed E-state index contributed by atoms with van der Waals surface area (Å²) in [6, 6.07) is 19.1. The molecule has 0 aliphatic rings. The van der Waals surface area contributed by atoms with Crippen molar-refractivity contribution in [1.29, 1.82) is 0 Å². The third kappa shape index (κ3) is 3.47. The summed E-state index contributed by atoms with van der Waals surface area (Å²) in [5, 5.41) is 1.16. The van der Waals surface area contributed by atoms with Crippen molar-refractivity contribution in [1.82, 2.24) is 9.55 Å². The number of benzene rings is 2. The Bertz CT molecular complexity index is 1130. The second-order valence-corrected chi connectivity index (χ2v) is 6.83. The van der Waals surface area contributed by atoms with Crippen molar-refractivity contribution in [2.24, 2.45) is 7.05 Å². The quantitative estimate of drug-likeness (QED) is 0.510. The van der Waals surface area contributed by atoms with Crippen LogP contribution in [-0.2, 0) is 7.05 Å². The maximum atomic E-state index is 12.6. The number of hydrogen-bond donors (Lipinski definition) is 0. The molecule has 0 aliphatic heterocycles. The average Bonchev–Trinajstić information content (AvgIpc) is 3.08. The van der Waals surface area contributed by atoms with Crippen LogP contribution in [0.1, 0.15) is 15.9 Å². The van der Waals surface area contributed by atoms with Crippen LogP contribution in [0.15, 0.2) is 73.1 Å². The van der Waals surface area contributed by atoms with Crippen LogP contribution in [0.5, 0.6) is 11.6 Å². The number of carbonyl (C=O) groups excluding carboxylic acids is 1. The minimum Gasteiger partial charge on any atom is -0.439 e. The summed E-state index contributed by atoms with van der Waals surface area (Å²) in [5.41, 5.74) is 3.56. The topological polar surface area (TPSA) is 47.4 Å². The Morgan fingerprint density at radius 3 is 2.54 bits per heavy atom. The highest BCUT2D eigenvalue weighted by Gasteiger charge is 2.14. The number of amides is 1. The zero-order valence-corrected chi connectivity index (χ0v) is 16.1. The molecule has 4 aromatic rings. The minimum atomic E-state index is -0.0790. The van der Waals surface area contributed by atoms with Crippen molar-refractivity contribution in [2.45, 2.75) is 6.92 Å². The number of ether oxygens (including phenoxy) is 1. The SMILES string of the molecule is Cc1ccc(C(=O)N(C)c2ccc(Oc3ccc4ccn(C)c4c3)nc2)cc1. The van der Waals surface area contributed by atoms with Gasteiger partial charge in [0.15, 0.2) is 0 Å². The monoisotopic (exact) mass is 371 g/mol. The van der Waals surface area contributed by atoms with Gasteiger partial charge in [-0.2, -0.15) is 0 Å². The minimum absolute atomic E-state index is 0.0790. The Labute approximate surface area is 163 Å². The summed E-state index contributed by atoms with van der Waals surface area (Å²) in [6.45, 7) is 2.00. The standard InChI is InChI=1S/C23H21N3O2/c1-16-4-6-18(7-5-16)23(27)26(3)19-9-11-22(24-15-19)28-20-10-8-17-12-13-25(2)21(17)14-20/h4-15H,1-3H3. The molecule has 5 nitrogen and oxygen atoms in total. The Morgan fingerprint density at radius 1 is 1.04 bits per heavy atom. The molecular formula is C23H21N3O2. The van der Waals surface area contributed by atoms with Gasteiger partial charge in [-0.25, -0.2) is 4.98 Å². The molecular weight excluding hydrogens is 350 g/mol. The number of fused-ring (bicyclic) bond motifs is 1. The highest BCUT2D eigenvalue weighted by molar-refractivity contribution is 6.05. The molecule has 28 heavy (non-hydrogen) atoms. The molecule has 4 rings (SSSR count). The third-order valence-corrected chi connectivity index (χ3v) is 4.79. The molecule has 0 radical (unpaired) electrons.